The minimum atomic E-state index is -3.58. The zero-order valence-electron chi connectivity index (χ0n) is 18.3. The average Bonchev–Trinajstić information content (AvgIpc) is 2.67. The minimum Gasteiger partial charge on any atom is -0.488 e. The number of nitrogens with zero attached hydrogens (tertiary/aromatic N) is 1. The number of ether oxygens (including phenoxy) is 1. The lowest BCUT2D eigenvalue weighted by Gasteiger charge is -2.27. The van der Waals surface area contributed by atoms with Crippen LogP contribution in [0.1, 0.15) is 20.8 Å². The molecule has 3 unspecified atom stereocenters. The molecular weight excluding hydrogens is 446 g/mol. The number of hydrogen-bond acceptors (Lipinski definition) is 6. The highest BCUT2D eigenvalue weighted by molar-refractivity contribution is 7.99. The molecule has 176 valence electrons. The van der Waals surface area contributed by atoms with Crippen LogP contribution in [0.5, 0.6) is 0 Å². The van der Waals surface area contributed by atoms with Gasteiger partial charge in [-0.25, -0.2) is 21.5 Å². The molecule has 0 saturated heterocycles. The Morgan fingerprint density at radius 3 is 2.71 bits per heavy atom. The molecule has 0 aliphatic heterocycles. The molecule has 1 aliphatic carbocycles. The summed E-state index contributed by atoms with van der Waals surface area (Å²) < 4.78 is 60.0. The fourth-order valence-electron chi connectivity index (χ4n) is 2.59. The van der Waals surface area contributed by atoms with Crippen LogP contribution in [-0.4, -0.2) is 61.9 Å². The van der Waals surface area contributed by atoms with Crippen molar-refractivity contribution in [1.29, 1.82) is 0 Å². The Labute approximate surface area is 188 Å². The van der Waals surface area contributed by atoms with Gasteiger partial charge in [0.1, 0.15) is 12.8 Å². The van der Waals surface area contributed by atoms with Crippen LogP contribution in [0.15, 0.2) is 58.5 Å². The van der Waals surface area contributed by atoms with Crippen molar-refractivity contribution in [3.63, 3.8) is 0 Å². The lowest BCUT2D eigenvalue weighted by molar-refractivity contribution is 0.0486. The first-order valence-corrected chi connectivity index (χ1v) is 12.3. The van der Waals surface area contributed by atoms with Crippen molar-refractivity contribution in [3.8, 4) is 0 Å². The number of thioether (sulfide) groups is 1. The van der Waals surface area contributed by atoms with Gasteiger partial charge in [-0.1, -0.05) is 36.8 Å². The van der Waals surface area contributed by atoms with Crippen LogP contribution < -0.4 is 5.73 Å². The van der Waals surface area contributed by atoms with Crippen LogP contribution in [0.4, 0.5) is 8.78 Å². The normalized spacial score (nSPS) is 21.6. The molecule has 3 atom stereocenters. The number of aliphatic hydroxyl groups excluding tert-OH is 1. The molecule has 1 aliphatic rings. The van der Waals surface area contributed by atoms with Crippen molar-refractivity contribution >= 4 is 21.8 Å². The summed E-state index contributed by atoms with van der Waals surface area (Å²) in [6.45, 7) is 8.53. The summed E-state index contributed by atoms with van der Waals surface area (Å²) in [5.41, 5.74) is 6.51. The monoisotopic (exact) mass is 478 g/mol. The molecule has 0 bridgehead atoms. The van der Waals surface area contributed by atoms with Gasteiger partial charge in [-0.05, 0) is 26.0 Å². The summed E-state index contributed by atoms with van der Waals surface area (Å²) in [6.07, 6.45) is 3.10. The zero-order chi connectivity index (χ0) is 23.8. The Morgan fingerprint density at radius 1 is 1.48 bits per heavy atom. The van der Waals surface area contributed by atoms with Crippen molar-refractivity contribution in [2.45, 2.75) is 33.2 Å². The van der Waals surface area contributed by atoms with Crippen molar-refractivity contribution in [3.05, 3.63) is 58.5 Å². The Balaban J connectivity index is 2.65. The van der Waals surface area contributed by atoms with E-state index >= 15 is 0 Å². The average molecular weight is 479 g/mol. The molecule has 0 fully saturated rings. The Hall–Kier alpha value is -1.46. The second kappa shape index (κ2) is 12.5. The van der Waals surface area contributed by atoms with Gasteiger partial charge in [-0.2, -0.15) is 11.8 Å². The van der Waals surface area contributed by atoms with Gasteiger partial charge in [0, 0.05) is 31.0 Å². The molecule has 31 heavy (non-hydrogen) atoms. The first-order valence-electron chi connectivity index (χ1n) is 9.73. The summed E-state index contributed by atoms with van der Waals surface area (Å²) in [7, 11) is -2.09. The van der Waals surface area contributed by atoms with Crippen molar-refractivity contribution < 1.29 is 27.0 Å². The third-order valence-electron chi connectivity index (χ3n) is 4.58. The van der Waals surface area contributed by atoms with E-state index in [-0.39, 0.29) is 11.4 Å². The molecule has 3 N–H and O–H groups in total. The van der Waals surface area contributed by atoms with Crippen molar-refractivity contribution in [2.24, 2.45) is 11.7 Å². The van der Waals surface area contributed by atoms with E-state index in [4.69, 9.17) is 15.6 Å². The standard InChI is InChI=1S/C21H32F2N2O4S2/c1-14(2)7-6-8-15(3)31(27,28)25(5)9-10-30-13-17-11-18(22)21(20(23)16(17)4)29-12-19(24)26/h6-8,11,16,19-20,26H,1,9-10,12-13,24H2,2-5H3/b7-6-,15-8+. The predicted octanol–water partition coefficient (Wildman–Crippen LogP) is 3.41. The maximum atomic E-state index is 14.5. The second-order valence-electron chi connectivity index (χ2n) is 7.36. The number of nitrogens with two attached hydrogens (primary N) is 1. The first-order chi connectivity index (χ1) is 14.4. The van der Waals surface area contributed by atoms with Gasteiger partial charge in [0.25, 0.3) is 0 Å². The predicted molar refractivity (Wildman–Crippen MR) is 123 cm³/mol. The maximum Gasteiger partial charge on any atom is 0.238 e. The molecule has 0 amide bonds. The smallest absolute Gasteiger partial charge is 0.238 e. The summed E-state index contributed by atoms with van der Waals surface area (Å²) in [6, 6.07) is 0. The van der Waals surface area contributed by atoms with Gasteiger partial charge in [0.15, 0.2) is 17.8 Å². The molecule has 0 radical (unpaired) electrons. The molecule has 10 heteroatoms. The lowest BCUT2D eigenvalue weighted by Crippen LogP contribution is -2.30. The van der Waals surface area contributed by atoms with E-state index in [9.17, 15) is 17.2 Å². The largest absolute Gasteiger partial charge is 0.488 e. The first kappa shape index (κ1) is 27.6. The molecule has 1 rings (SSSR count). The van der Waals surface area contributed by atoms with Crippen LogP contribution in [-0.2, 0) is 14.8 Å². The molecule has 0 spiro atoms. The number of rotatable bonds is 12. The van der Waals surface area contributed by atoms with Gasteiger partial charge >= 0.3 is 0 Å². The number of alkyl halides is 1. The van der Waals surface area contributed by atoms with Crippen LogP contribution in [0, 0.1) is 5.92 Å². The third kappa shape index (κ3) is 8.53. The molecule has 0 aromatic carbocycles. The number of sulfonamides is 1. The van der Waals surface area contributed by atoms with Crippen molar-refractivity contribution in [2.75, 3.05) is 31.7 Å². The molecule has 0 heterocycles. The van der Waals surface area contributed by atoms with Gasteiger partial charge in [-0.3, -0.25) is 0 Å². The Kier molecular flexibility index (Phi) is 11.2. The van der Waals surface area contributed by atoms with Crippen molar-refractivity contribution in [1.82, 2.24) is 4.31 Å². The van der Waals surface area contributed by atoms with E-state index in [0.717, 1.165) is 5.57 Å². The SMILES string of the molecule is C=C(C)/C=C\C=C(/C)S(=O)(=O)N(C)CCSCC1=CC(F)=C(OCC(N)O)C(F)C1C. The molecular formula is C21H32F2N2O4S2. The van der Waals surface area contributed by atoms with Gasteiger partial charge in [0.05, 0.1) is 4.91 Å². The zero-order valence-corrected chi connectivity index (χ0v) is 20.0. The number of hydrogen-bond donors (Lipinski definition) is 2. The number of aliphatic hydroxyl groups is 1. The maximum absolute atomic E-state index is 14.5. The second-order valence-corrected chi connectivity index (χ2v) is 10.7. The van der Waals surface area contributed by atoms with E-state index < -0.39 is 46.5 Å². The summed E-state index contributed by atoms with van der Waals surface area (Å²) in [5, 5.41) is 9.03. The molecule has 0 aromatic rings. The highest BCUT2D eigenvalue weighted by Gasteiger charge is 2.32. The van der Waals surface area contributed by atoms with Gasteiger partial charge in [-0.15, -0.1) is 0 Å². The fraction of sp³-hybridized carbons (Fsp3) is 0.524. The minimum absolute atomic E-state index is 0.212. The van der Waals surface area contributed by atoms with Gasteiger partial charge < -0.3 is 15.6 Å². The van der Waals surface area contributed by atoms with E-state index in [1.807, 2.05) is 6.92 Å². The lowest BCUT2D eigenvalue weighted by atomic mass is 9.91. The molecule has 0 aromatic heterocycles. The number of halogens is 2. The van der Waals surface area contributed by atoms with E-state index in [1.165, 1.54) is 42.2 Å². The van der Waals surface area contributed by atoms with Crippen LogP contribution >= 0.6 is 11.8 Å². The number of allylic oxidation sites excluding steroid dienone is 8. The quantitative estimate of drug-likeness (QED) is 0.254. The Morgan fingerprint density at radius 2 is 2.13 bits per heavy atom. The van der Waals surface area contributed by atoms with E-state index in [2.05, 4.69) is 6.58 Å². The summed E-state index contributed by atoms with van der Waals surface area (Å²) in [5.74, 6) is -1.08. The van der Waals surface area contributed by atoms with Crippen LogP contribution in [0.25, 0.3) is 0 Å². The van der Waals surface area contributed by atoms with Crippen LogP contribution in [0.3, 0.4) is 0 Å². The van der Waals surface area contributed by atoms with E-state index in [0.29, 0.717) is 17.1 Å². The fourth-order valence-corrected chi connectivity index (χ4v) is 4.91. The highest BCUT2D eigenvalue weighted by Crippen LogP contribution is 2.34. The van der Waals surface area contributed by atoms with E-state index in [1.54, 1.807) is 19.1 Å². The summed E-state index contributed by atoms with van der Waals surface area (Å²) >= 11 is 1.39. The highest BCUT2D eigenvalue weighted by atomic mass is 32.2. The third-order valence-corrected chi connectivity index (χ3v) is 7.54. The Bertz CT molecular complexity index is 865. The molecule has 0 saturated carbocycles. The van der Waals surface area contributed by atoms with Gasteiger partial charge in [0.2, 0.25) is 10.0 Å². The molecule has 6 nitrogen and oxygen atoms in total. The van der Waals surface area contributed by atoms with Crippen LogP contribution in [0.2, 0.25) is 0 Å². The summed E-state index contributed by atoms with van der Waals surface area (Å²) in [4.78, 5) is 0.212. The topological polar surface area (TPSA) is 92.9 Å².